The molecule has 0 radical (unpaired) electrons. The molecule has 41 heavy (non-hydrogen) atoms. The number of primary amides is 1. The number of H-pyrrole nitrogens is 1. The van der Waals surface area contributed by atoms with E-state index in [4.69, 9.17) is 15.2 Å². The molecule has 3 N–H and O–H groups in total. The standard InChI is InChI=1S/C30H34N4O4.C3H8/c1-20(23-5-3-4-22(17-23)19-33-8-12-37-13-9-33)16-26(29(31)35)28-21(2)25-7-6-24(18-27(25)32-28)30(36)34-10-14-38-15-11-34;1-3-2/h3-7,16-18,32H,1,8-15,19H2,2H3,(H2,31,35);3H2,1-2H3/b26-16+;. The molecule has 0 unspecified atom stereocenters. The van der Waals surface area contributed by atoms with Gasteiger partial charge < -0.3 is 25.1 Å². The number of carbonyl (C=O) groups excluding carboxylic acids is 2. The molecule has 5 rings (SSSR count). The quantitative estimate of drug-likeness (QED) is 0.321. The van der Waals surface area contributed by atoms with Gasteiger partial charge in [0, 0.05) is 49.2 Å². The molecule has 2 aromatic carbocycles. The van der Waals surface area contributed by atoms with Crippen molar-refractivity contribution in [2.45, 2.75) is 33.7 Å². The highest BCUT2D eigenvalue weighted by molar-refractivity contribution is 6.21. The van der Waals surface area contributed by atoms with Crippen LogP contribution in [-0.4, -0.2) is 79.2 Å². The van der Waals surface area contributed by atoms with Crippen LogP contribution < -0.4 is 5.73 Å². The number of benzene rings is 2. The van der Waals surface area contributed by atoms with Crippen LogP contribution in [0.2, 0.25) is 0 Å². The first-order valence-corrected chi connectivity index (χ1v) is 14.4. The SMILES string of the molecule is C=C(/C=C(/C(N)=O)c1[nH]c2cc(C(=O)N3CCOCC3)ccc2c1C)c1cccc(CN2CCOCC2)c1.CCC. The number of hydrogen-bond acceptors (Lipinski definition) is 5. The molecule has 2 amide bonds. The van der Waals surface area contributed by atoms with Crippen molar-refractivity contribution in [3.63, 3.8) is 0 Å². The normalized spacial score (nSPS) is 16.3. The Labute approximate surface area is 242 Å². The minimum absolute atomic E-state index is 0.0278. The molecule has 0 spiro atoms. The largest absolute Gasteiger partial charge is 0.379 e. The number of ether oxygens (including phenoxy) is 2. The maximum absolute atomic E-state index is 13.0. The number of aromatic amines is 1. The summed E-state index contributed by atoms with van der Waals surface area (Å²) in [4.78, 5) is 33.1. The first-order valence-electron chi connectivity index (χ1n) is 14.4. The van der Waals surface area contributed by atoms with Crippen LogP contribution in [-0.2, 0) is 20.8 Å². The fraction of sp³-hybridized carbons (Fsp3) is 0.394. The summed E-state index contributed by atoms with van der Waals surface area (Å²) >= 11 is 0. The first-order chi connectivity index (χ1) is 19.8. The molecule has 8 nitrogen and oxygen atoms in total. The Hall–Kier alpha value is -3.72. The second kappa shape index (κ2) is 14.3. The Balaban J connectivity index is 0.00000124. The summed E-state index contributed by atoms with van der Waals surface area (Å²) in [5.41, 5.74) is 11.9. The average molecular weight is 559 g/mol. The van der Waals surface area contributed by atoms with Crippen molar-refractivity contribution in [2.24, 2.45) is 5.73 Å². The molecule has 2 aliphatic rings. The van der Waals surface area contributed by atoms with Gasteiger partial charge in [-0.2, -0.15) is 0 Å². The molecule has 0 aliphatic carbocycles. The zero-order valence-electron chi connectivity index (χ0n) is 24.5. The Kier molecular flexibility index (Phi) is 10.5. The molecule has 2 fully saturated rings. The average Bonchev–Trinajstić information content (AvgIpc) is 3.31. The number of carbonyl (C=O) groups is 2. The molecular weight excluding hydrogens is 516 g/mol. The van der Waals surface area contributed by atoms with Crippen molar-refractivity contribution in [3.8, 4) is 0 Å². The first kappa shape index (κ1) is 30.2. The van der Waals surface area contributed by atoms with Crippen LogP contribution in [0, 0.1) is 6.92 Å². The number of nitrogens with one attached hydrogen (secondary N) is 1. The van der Waals surface area contributed by atoms with E-state index in [0.29, 0.717) is 48.7 Å². The van der Waals surface area contributed by atoms with Crippen LogP contribution >= 0.6 is 0 Å². The summed E-state index contributed by atoms with van der Waals surface area (Å²) in [7, 11) is 0. The van der Waals surface area contributed by atoms with Crippen molar-refractivity contribution in [1.82, 2.24) is 14.8 Å². The van der Waals surface area contributed by atoms with Gasteiger partial charge in [-0.3, -0.25) is 14.5 Å². The van der Waals surface area contributed by atoms with Gasteiger partial charge in [0.25, 0.3) is 11.8 Å². The predicted octanol–water partition coefficient (Wildman–Crippen LogP) is 4.78. The minimum atomic E-state index is -0.546. The van der Waals surface area contributed by atoms with Crippen LogP contribution in [0.3, 0.4) is 0 Å². The second-order valence-electron chi connectivity index (χ2n) is 10.5. The van der Waals surface area contributed by atoms with Gasteiger partial charge in [0.2, 0.25) is 0 Å². The number of hydrogen-bond donors (Lipinski definition) is 2. The molecule has 0 bridgehead atoms. The number of aromatic nitrogens is 1. The zero-order chi connectivity index (χ0) is 29.4. The molecule has 0 atom stereocenters. The van der Waals surface area contributed by atoms with E-state index in [-0.39, 0.29) is 5.91 Å². The summed E-state index contributed by atoms with van der Waals surface area (Å²) in [6, 6.07) is 13.8. The van der Waals surface area contributed by atoms with Crippen LogP contribution in [0.4, 0.5) is 0 Å². The predicted molar refractivity (Wildman–Crippen MR) is 164 cm³/mol. The fourth-order valence-electron chi connectivity index (χ4n) is 5.10. The lowest BCUT2D eigenvalue weighted by Gasteiger charge is -2.26. The maximum Gasteiger partial charge on any atom is 0.254 e. The number of nitrogens with two attached hydrogens (primary N) is 1. The van der Waals surface area contributed by atoms with Crippen molar-refractivity contribution in [3.05, 3.63) is 83.1 Å². The minimum Gasteiger partial charge on any atom is -0.379 e. The van der Waals surface area contributed by atoms with Gasteiger partial charge in [-0.25, -0.2) is 0 Å². The number of nitrogens with zero attached hydrogens (tertiary/aromatic N) is 2. The Morgan fingerprint density at radius 3 is 2.29 bits per heavy atom. The van der Waals surface area contributed by atoms with Crippen LogP contribution in [0.5, 0.6) is 0 Å². The van der Waals surface area contributed by atoms with E-state index in [9.17, 15) is 9.59 Å². The Morgan fingerprint density at radius 2 is 1.63 bits per heavy atom. The molecule has 0 saturated carbocycles. The van der Waals surface area contributed by atoms with Gasteiger partial charge in [0.15, 0.2) is 0 Å². The summed E-state index contributed by atoms with van der Waals surface area (Å²) < 4.78 is 10.8. The lowest BCUT2D eigenvalue weighted by atomic mass is 9.99. The molecule has 2 saturated heterocycles. The Morgan fingerprint density at radius 1 is 0.976 bits per heavy atom. The molecule has 2 aliphatic heterocycles. The topological polar surface area (TPSA) is 101 Å². The van der Waals surface area contributed by atoms with Crippen molar-refractivity contribution < 1.29 is 19.1 Å². The van der Waals surface area contributed by atoms with Gasteiger partial charge in [0.1, 0.15) is 0 Å². The summed E-state index contributed by atoms with van der Waals surface area (Å²) in [6.07, 6.45) is 2.99. The summed E-state index contributed by atoms with van der Waals surface area (Å²) in [5, 5.41) is 0.934. The molecule has 3 heterocycles. The number of aryl methyl sites for hydroxylation is 1. The van der Waals surface area contributed by atoms with Gasteiger partial charge >= 0.3 is 0 Å². The highest BCUT2D eigenvalue weighted by Crippen LogP contribution is 2.30. The molecule has 218 valence electrons. The fourth-order valence-corrected chi connectivity index (χ4v) is 5.10. The Bertz CT molecular complexity index is 1410. The highest BCUT2D eigenvalue weighted by atomic mass is 16.5. The van der Waals surface area contributed by atoms with E-state index in [1.807, 2.05) is 37.3 Å². The van der Waals surface area contributed by atoms with Gasteiger partial charge in [0.05, 0.1) is 37.7 Å². The third-order valence-electron chi connectivity index (χ3n) is 7.26. The molecule has 1 aromatic heterocycles. The maximum atomic E-state index is 13.0. The van der Waals surface area contributed by atoms with Gasteiger partial charge in [-0.15, -0.1) is 0 Å². The summed E-state index contributed by atoms with van der Waals surface area (Å²) in [5.74, 6) is -0.574. The van der Waals surface area contributed by atoms with E-state index in [1.54, 1.807) is 11.0 Å². The van der Waals surface area contributed by atoms with E-state index >= 15 is 0 Å². The van der Waals surface area contributed by atoms with E-state index in [0.717, 1.165) is 54.9 Å². The third-order valence-corrected chi connectivity index (χ3v) is 7.26. The lowest BCUT2D eigenvalue weighted by molar-refractivity contribution is -0.112. The monoisotopic (exact) mass is 558 g/mol. The van der Waals surface area contributed by atoms with Crippen molar-refractivity contribution in [1.29, 1.82) is 0 Å². The zero-order valence-corrected chi connectivity index (χ0v) is 24.5. The molecular formula is C33H42N4O4. The second-order valence-corrected chi connectivity index (χ2v) is 10.5. The number of morpholine rings is 2. The van der Waals surface area contributed by atoms with Gasteiger partial charge in [-0.1, -0.05) is 51.1 Å². The van der Waals surface area contributed by atoms with Crippen molar-refractivity contribution >= 4 is 33.9 Å². The van der Waals surface area contributed by atoms with E-state index < -0.39 is 5.91 Å². The van der Waals surface area contributed by atoms with Crippen molar-refractivity contribution in [2.75, 3.05) is 52.6 Å². The molecule has 8 heteroatoms. The lowest BCUT2D eigenvalue weighted by Crippen LogP contribution is -2.40. The molecule has 3 aromatic rings. The number of allylic oxidation sites excluding steroid dienone is 2. The van der Waals surface area contributed by atoms with Gasteiger partial charge in [-0.05, 0) is 53.5 Å². The van der Waals surface area contributed by atoms with E-state index in [1.165, 1.54) is 12.0 Å². The third kappa shape index (κ3) is 7.52. The number of rotatable bonds is 7. The highest BCUT2D eigenvalue weighted by Gasteiger charge is 2.21. The smallest absolute Gasteiger partial charge is 0.254 e. The van der Waals surface area contributed by atoms with Crippen LogP contribution in [0.25, 0.3) is 22.0 Å². The van der Waals surface area contributed by atoms with E-state index in [2.05, 4.69) is 42.4 Å². The number of amides is 2. The number of fused-ring (bicyclic) bond motifs is 1. The van der Waals surface area contributed by atoms with Crippen LogP contribution in [0.1, 0.15) is 53.0 Å². The summed E-state index contributed by atoms with van der Waals surface area (Å²) in [6.45, 7) is 16.9. The van der Waals surface area contributed by atoms with Crippen LogP contribution in [0.15, 0.2) is 55.1 Å².